The molecule has 17 atom stereocenters. The molecule has 3 fully saturated rings. The Bertz CT molecular complexity index is 1320. The van der Waals surface area contributed by atoms with Gasteiger partial charge in [-0.3, -0.25) is 4.79 Å². The Morgan fingerprint density at radius 3 is 1.65 bits per heavy atom. The zero-order valence-electron chi connectivity index (χ0n) is 36.8. The Morgan fingerprint density at radius 1 is 0.556 bits per heavy atom. The van der Waals surface area contributed by atoms with Crippen molar-refractivity contribution in [2.24, 2.45) is 0 Å². The largest absolute Gasteiger partial charge is 0.394 e. The van der Waals surface area contributed by atoms with Crippen molar-refractivity contribution in [3.8, 4) is 0 Å². The Morgan fingerprint density at radius 2 is 1.05 bits per heavy atom. The standard InChI is InChI=1S/C44H77NO18/c1-3-5-7-9-11-13-14-16-18-20-22-32(50)45-27(28(49)21-19-17-15-12-10-8-6-4-2)26-58-42-38(56)35(53)40(30(24-47)60-42)63-44-39(57)36(54)41(31(25-48)61-44)62-43-37(55)34(52)33(51)29(23-46)59-43/h7,9-10,12,19,21,27-31,33-44,46-49,51-57H,3-6,8,11,13-18,20,22-26H2,1-2H3,(H,45,50)/b9-7-,12-10+,21-19+. The number of hydrogen-bond donors (Lipinski definition) is 12. The van der Waals surface area contributed by atoms with Gasteiger partial charge < -0.3 is 89.9 Å². The number of aliphatic hydroxyl groups is 11. The number of ether oxygens (including phenoxy) is 6. The second kappa shape index (κ2) is 30.3. The Kier molecular flexibility index (Phi) is 26.6. The molecular weight excluding hydrogens is 830 g/mol. The first-order valence-corrected chi connectivity index (χ1v) is 22.7. The van der Waals surface area contributed by atoms with Crippen LogP contribution in [0.15, 0.2) is 36.5 Å². The van der Waals surface area contributed by atoms with Crippen LogP contribution in [0, 0.1) is 0 Å². The summed E-state index contributed by atoms with van der Waals surface area (Å²) in [4.78, 5) is 13.1. The van der Waals surface area contributed by atoms with Gasteiger partial charge in [0.1, 0.15) is 73.2 Å². The molecule has 19 heteroatoms. The lowest BCUT2D eigenvalue weighted by Crippen LogP contribution is -2.66. The molecule has 0 bridgehead atoms. The lowest BCUT2D eigenvalue weighted by Gasteiger charge is -2.48. The average molecular weight is 908 g/mol. The predicted molar refractivity (Wildman–Crippen MR) is 226 cm³/mol. The van der Waals surface area contributed by atoms with Gasteiger partial charge in [-0.2, -0.15) is 0 Å². The minimum absolute atomic E-state index is 0.223. The van der Waals surface area contributed by atoms with Crippen molar-refractivity contribution in [3.63, 3.8) is 0 Å². The third-order valence-corrected chi connectivity index (χ3v) is 11.4. The van der Waals surface area contributed by atoms with E-state index in [0.29, 0.717) is 12.8 Å². The van der Waals surface area contributed by atoms with E-state index in [9.17, 15) is 61.0 Å². The lowest BCUT2D eigenvalue weighted by molar-refractivity contribution is -0.379. The summed E-state index contributed by atoms with van der Waals surface area (Å²) in [6.45, 7) is 1.47. The third kappa shape index (κ3) is 17.6. The van der Waals surface area contributed by atoms with Crippen LogP contribution in [0.2, 0.25) is 0 Å². The van der Waals surface area contributed by atoms with E-state index in [4.69, 9.17) is 28.4 Å². The zero-order valence-corrected chi connectivity index (χ0v) is 36.8. The SMILES string of the molecule is CCC/C=C\CCCCCCCC(=O)NC(COC1OC(CO)C(OC2OC(CO)C(OC3OC(CO)C(O)C(O)C3O)C(O)C2O)C(O)C1O)C(O)/C=C/CC/C=C/CCCC. The molecule has 0 aromatic carbocycles. The van der Waals surface area contributed by atoms with Crippen molar-refractivity contribution < 1.29 is 89.4 Å². The highest BCUT2D eigenvalue weighted by atomic mass is 16.8. The molecule has 12 N–H and O–H groups in total. The molecule has 0 aliphatic carbocycles. The van der Waals surface area contributed by atoms with Gasteiger partial charge in [-0.15, -0.1) is 0 Å². The van der Waals surface area contributed by atoms with E-state index in [1.807, 2.05) is 0 Å². The average Bonchev–Trinajstić information content (AvgIpc) is 3.28. The molecule has 3 saturated heterocycles. The fraction of sp³-hybridized carbons (Fsp3) is 0.841. The van der Waals surface area contributed by atoms with Gasteiger partial charge >= 0.3 is 0 Å². The molecule has 3 aliphatic rings. The summed E-state index contributed by atoms with van der Waals surface area (Å²) in [5.41, 5.74) is 0. The van der Waals surface area contributed by atoms with Gasteiger partial charge in [0.05, 0.1) is 38.6 Å². The maximum Gasteiger partial charge on any atom is 0.220 e. The number of nitrogens with one attached hydrogen (secondary N) is 1. The molecule has 19 nitrogen and oxygen atoms in total. The van der Waals surface area contributed by atoms with Crippen LogP contribution in [0.3, 0.4) is 0 Å². The number of hydrogen-bond acceptors (Lipinski definition) is 18. The second-order valence-corrected chi connectivity index (χ2v) is 16.5. The van der Waals surface area contributed by atoms with E-state index >= 15 is 0 Å². The number of rotatable bonds is 29. The Hall–Kier alpha value is -1.99. The van der Waals surface area contributed by atoms with Gasteiger partial charge in [0.2, 0.25) is 5.91 Å². The fourth-order valence-electron chi connectivity index (χ4n) is 7.48. The zero-order chi connectivity index (χ0) is 46.3. The Labute approximate surface area is 370 Å². The lowest BCUT2D eigenvalue weighted by atomic mass is 9.96. The molecule has 17 unspecified atom stereocenters. The molecule has 0 aromatic heterocycles. The second-order valence-electron chi connectivity index (χ2n) is 16.5. The van der Waals surface area contributed by atoms with E-state index in [1.165, 1.54) is 0 Å². The highest BCUT2D eigenvalue weighted by Crippen LogP contribution is 2.33. The maximum absolute atomic E-state index is 13.1. The van der Waals surface area contributed by atoms with Crippen molar-refractivity contribution in [2.45, 2.75) is 208 Å². The van der Waals surface area contributed by atoms with Gasteiger partial charge in [-0.1, -0.05) is 88.8 Å². The van der Waals surface area contributed by atoms with Crippen LogP contribution < -0.4 is 5.32 Å². The van der Waals surface area contributed by atoms with Crippen molar-refractivity contribution in [2.75, 3.05) is 26.4 Å². The van der Waals surface area contributed by atoms with Crippen LogP contribution in [0.1, 0.15) is 104 Å². The fourth-order valence-corrected chi connectivity index (χ4v) is 7.48. The third-order valence-electron chi connectivity index (χ3n) is 11.4. The van der Waals surface area contributed by atoms with E-state index in [1.54, 1.807) is 12.2 Å². The van der Waals surface area contributed by atoms with Crippen molar-refractivity contribution in [1.29, 1.82) is 0 Å². The monoisotopic (exact) mass is 908 g/mol. The summed E-state index contributed by atoms with van der Waals surface area (Å²) in [6.07, 6.45) is -2.17. The number of amides is 1. The summed E-state index contributed by atoms with van der Waals surface area (Å²) in [5, 5.41) is 119. The number of aliphatic hydroxyl groups excluding tert-OH is 11. The first kappa shape index (κ1) is 55.3. The first-order chi connectivity index (χ1) is 30.3. The molecule has 0 saturated carbocycles. The van der Waals surface area contributed by atoms with E-state index in [-0.39, 0.29) is 18.9 Å². The van der Waals surface area contributed by atoms with Crippen LogP contribution >= 0.6 is 0 Å². The van der Waals surface area contributed by atoms with Crippen molar-refractivity contribution in [3.05, 3.63) is 36.5 Å². The molecule has 0 aromatic rings. The molecule has 3 heterocycles. The summed E-state index contributed by atoms with van der Waals surface area (Å²) < 4.78 is 33.9. The number of unbranched alkanes of at least 4 members (excludes halogenated alkanes) is 9. The minimum Gasteiger partial charge on any atom is -0.394 e. The summed E-state index contributed by atoms with van der Waals surface area (Å²) in [6, 6.07) is -0.987. The van der Waals surface area contributed by atoms with Gasteiger partial charge in [-0.05, 0) is 44.9 Å². The minimum atomic E-state index is -1.98. The summed E-state index contributed by atoms with van der Waals surface area (Å²) in [7, 11) is 0. The highest BCUT2D eigenvalue weighted by molar-refractivity contribution is 5.76. The predicted octanol–water partition coefficient (Wildman–Crippen LogP) is -0.533. The number of carbonyl (C=O) groups is 1. The topological polar surface area (TPSA) is 307 Å². The normalized spacial score (nSPS) is 35.2. The molecule has 0 spiro atoms. The van der Waals surface area contributed by atoms with Crippen LogP contribution in [0.4, 0.5) is 0 Å². The van der Waals surface area contributed by atoms with Crippen molar-refractivity contribution in [1.82, 2.24) is 5.32 Å². The van der Waals surface area contributed by atoms with E-state index in [0.717, 1.165) is 70.6 Å². The molecule has 366 valence electrons. The molecule has 3 aliphatic heterocycles. The van der Waals surface area contributed by atoms with Gasteiger partial charge in [-0.25, -0.2) is 0 Å². The van der Waals surface area contributed by atoms with Crippen LogP contribution in [0.5, 0.6) is 0 Å². The van der Waals surface area contributed by atoms with Gasteiger partial charge in [0.25, 0.3) is 0 Å². The van der Waals surface area contributed by atoms with Crippen molar-refractivity contribution >= 4 is 5.91 Å². The number of carbonyl (C=O) groups excluding carboxylic acids is 1. The molecule has 3 rings (SSSR count). The van der Waals surface area contributed by atoms with E-state index in [2.05, 4.69) is 43.5 Å². The van der Waals surface area contributed by atoms with Gasteiger partial charge in [0, 0.05) is 6.42 Å². The van der Waals surface area contributed by atoms with E-state index < -0.39 is 124 Å². The van der Waals surface area contributed by atoms with Crippen LogP contribution in [0.25, 0.3) is 0 Å². The summed E-state index contributed by atoms with van der Waals surface area (Å²) in [5.74, 6) is -0.306. The molecule has 1 amide bonds. The highest BCUT2D eigenvalue weighted by Gasteiger charge is 2.53. The first-order valence-electron chi connectivity index (χ1n) is 22.7. The maximum atomic E-state index is 13.1. The molecular formula is C44H77NO18. The summed E-state index contributed by atoms with van der Waals surface area (Å²) >= 11 is 0. The molecule has 63 heavy (non-hydrogen) atoms. The van der Waals surface area contributed by atoms with Crippen LogP contribution in [-0.4, -0.2) is 193 Å². The Balaban J connectivity index is 1.61. The van der Waals surface area contributed by atoms with Crippen LogP contribution in [-0.2, 0) is 33.2 Å². The number of allylic oxidation sites excluding steroid dienone is 5. The smallest absolute Gasteiger partial charge is 0.220 e. The van der Waals surface area contributed by atoms with Gasteiger partial charge in [0.15, 0.2) is 18.9 Å². The molecule has 0 radical (unpaired) electrons. The quantitative estimate of drug-likeness (QED) is 0.0332.